The zero-order chi connectivity index (χ0) is 22.9. The molecule has 0 unspecified atom stereocenters. The number of anilines is 2. The van der Waals surface area contributed by atoms with Gasteiger partial charge in [-0.1, -0.05) is 19.1 Å². The van der Waals surface area contributed by atoms with Gasteiger partial charge in [0.15, 0.2) is 5.78 Å². The number of ketones is 1. The van der Waals surface area contributed by atoms with Gasteiger partial charge in [0.1, 0.15) is 11.6 Å². The fourth-order valence-electron chi connectivity index (χ4n) is 3.77. The van der Waals surface area contributed by atoms with Gasteiger partial charge < -0.3 is 20.4 Å². The average Bonchev–Trinajstić information content (AvgIpc) is 2.79. The van der Waals surface area contributed by atoms with E-state index in [4.69, 9.17) is 0 Å². The second-order valence-electron chi connectivity index (χ2n) is 7.86. The predicted octanol–water partition coefficient (Wildman–Crippen LogP) is 4.28. The first-order valence-electron chi connectivity index (χ1n) is 11.1. The lowest BCUT2D eigenvalue weighted by atomic mass is 10.1. The molecule has 1 fully saturated rings. The van der Waals surface area contributed by atoms with Crippen molar-refractivity contribution < 1.29 is 18.4 Å². The lowest BCUT2D eigenvalue weighted by Gasteiger charge is -2.30. The average molecular weight is 445 g/mol. The van der Waals surface area contributed by atoms with Gasteiger partial charge in [-0.2, -0.15) is 0 Å². The minimum Gasteiger partial charge on any atom is -0.367 e. The number of hydrogen-bond donors (Lipinski definition) is 2. The van der Waals surface area contributed by atoms with Crippen molar-refractivity contribution in [3.63, 3.8) is 0 Å². The van der Waals surface area contributed by atoms with Crippen LogP contribution in [0.5, 0.6) is 0 Å². The molecule has 2 aromatic rings. The molecule has 2 N–H and O–H groups in total. The molecule has 0 aliphatic carbocycles. The van der Waals surface area contributed by atoms with Gasteiger partial charge in [0.05, 0.1) is 5.69 Å². The summed E-state index contributed by atoms with van der Waals surface area (Å²) in [6.07, 6.45) is 1.42. The van der Waals surface area contributed by atoms with E-state index in [0.29, 0.717) is 36.4 Å². The third-order valence-corrected chi connectivity index (χ3v) is 5.42. The topological polar surface area (TPSA) is 64.7 Å². The molecule has 1 aliphatic rings. The summed E-state index contributed by atoms with van der Waals surface area (Å²) in [5, 5.41) is 5.99. The molecular weight excluding hydrogens is 414 g/mol. The molecule has 0 bridgehead atoms. The fourth-order valence-corrected chi connectivity index (χ4v) is 3.77. The number of benzene rings is 2. The quantitative estimate of drug-likeness (QED) is 0.567. The molecule has 3 rings (SSSR count). The number of Topliss-reactive ketones (excluding diaryl/α,β-unsaturated/α-hetero) is 1. The Morgan fingerprint density at radius 2 is 1.88 bits per heavy atom. The minimum absolute atomic E-state index is 0.160. The van der Waals surface area contributed by atoms with Gasteiger partial charge in [0.25, 0.3) is 0 Å². The van der Waals surface area contributed by atoms with E-state index in [1.807, 2.05) is 11.8 Å². The third-order valence-electron chi connectivity index (χ3n) is 5.42. The van der Waals surface area contributed by atoms with Gasteiger partial charge in [-0.05, 0) is 43.2 Å². The fraction of sp³-hybridized carbons (Fsp3) is 0.417. The smallest absolute Gasteiger partial charge is 0.321 e. The molecule has 1 heterocycles. The van der Waals surface area contributed by atoms with E-state index in [9.17, 15) is 18.4 Å². The summed E-state index contributed by atoms with van der Waals surface area (Å²) in [5.74, 6) is -0.975. The van der Waals surface area contributed by atoms with E-state index >= 15 is 0 Å². The zero-order valence-corrected chi connectivity index (χ0v) is 18.4. The summed E-state index contributed by atoms with van der Waals surface area (Å²) in [7, 11) is 0. The number of urea groups is 1. The van der Waals surface area contributed by atoms with Gasteiger partial charge in [0, 0.05) is 56.9 Å². The Bertz CT molecular complexity index is 932. The molecule has 0 radical (unpaired) electrons. The molecule has 172 valence electrons. The highest BCUT2D eigenvalue weighted by atomic mass is 19.1. The molecule has 6 nitrogen and oxygen atoms in total. The van der Waals surface area contributed by atoms with Crippen molar-refractivity contribution in [2.24, 2.45) is 0 Å². The molecule has 32 heavy (non-hydrogen) atoms. The van der Waals surface area contributed by atoms with Crippen LogP contribution in [0.25, 0.3) is 0 Å². The van der Waals surface area contributed by atoms with Crippen LogP contribution in [0.3, 0.4) is 0 Å². The second-order valence-corrected chi connectivity index (χ2v) is 7.86. The number of carbonyl (C=O) groups is 2. The van der Waals surface area contributed by atoms with Crippen LogP contribution < -0.4 is 15.5 Å². The van der Waals surface area contributed by atoms with Crippen molar-refractivity contribution in [3.05, 3.63) is 59.7 Å². The van der Waals surface area contributed by atoms with Crippen molar-refractivity contribution >= 4 is 23.2 Å². The largest absolute Gasteiger partial charge is 0.367 e. The molecule has 0 atom stereocenters. The number of nitrogens with one attached hydrogen (secondary N) is 2. The zero-order valence-electron chi connectivity index (χ0n) is 18.4. The predicted molar refractivity (Wildman–Crippen MR) is 122 cm³/mol. The monoisotopic (exact) mass is 444 g/mol. The Balaban J connectivity index is 1.55. The van der Waals surface area contributed by atoms with Gasteiger partial charge in [-0.15, -0.1) is 0 Å². The number of hydrogen-bond acceptors (Lipinski definition) is 4. The maximum absolute atomic E-state index is 14.6. The molecule has 2 amide bonds. The summed E-state index contributed by atoms with van der Waals surface area (Å²) in [6, 6.07) is 10.0. The third kappa shape index (κ3) is 6.50. The first-order chi connectivity index (χ1) is 15.5. The lowest BCUT2D eigenvalue weighted by molar-refractivity contribution is 0.0975. The molecule has 1 saturated heterocycles. The summed E-state index contributed by atoms with van der Waals surface area (Å²) in [5.41, 5.74) is 1.26. The molecule has 0 spiro atoms. The van der Waals surface area contributed by atoms with Gasteiger partial charge in [-0.3, -0.25) is 4.79 Å². The number of halogens is 2. The van der Waals surface area contributed by atoms with Crippen LogP contribution >= 0.6 is 0 Å². The van der Waals surface area contributed by atoms with Crippen molar-refractivity contribution in [2.75, 3.05) is 49.5 Å². The Morgan fingerprint density at radius 3 is 2.56 bits per heavy atom. The second kappa shape index (κ2) is 11.6. The first-order valence-corrected chi connectivity index (χ1v) is 11.1. The first kappa shape index (κ1) is 23.7. The Kier molecular flexibility index (Phi) is 8.56. The lowest BCUT2D eigenvalue weighted by Crippen LogP contribution is -2.43. The highest BCUT2D eigenvalue weighted by Crippen LogP contribution is 2.23. The van der Waals surface area contributed by atoms with E-state index in [1.165, 1.54) is 24.3 Å². The summed E-state index contributed by atoms with van der Waals surface area (Å²) in [6.45, 7) is 5.95. The molecule has 1 aliphatic heterocycles. The van der Waals surface area contributed by atoms with Crippen molar-refractivity contribution in [1.29, 1.82) is 0 Å². The van der Waals surface area contributed by atoms with Gasteiger partial charge in [0.2, 0.25) is 0 Å². The van der Waals surface area contributed by atoms with Crippen LogP contribution in [0, 0.1) is 11.6 Å². The summed E-state index contributed by atoms with van der Waals surface area (Å²) < 4.78 is 27.9. The minimum atomic E-state index is -0.446. The van der Waals surface area contributed by atoms with E-state index < -0.39 is 5.82 Å². The Hall–Kier alpha value is -3.00. The number of rotatable bonds is 9. The molecular formula is C24H30F2N4O2. The summed E-state index contributed by atoms with van der Waals surface area (Å²) >= 11 is 0. The Morgan fingerprint density at radius 1 is 1.09 bits per heavy atom. The Labute approximate surface area is 187 Å². The molecule has 0 aromatic heterocycles. The van der Waals surface area contributed by atoms with E-state index in [0.717, 1.165) is 32.6 Å². The van der Waals surface area contributed by atoms with Crippen LogP contribution in [0.2, 0.25) is 0 Å². The SMILES string of the molecule is CCCN(CCCC(=O)c1cccc(F)c1)C(=O)Nc1ccc(N2CCNCC2)c(F)c1. The molecule has 2 aromatic carbocycles. The van der Waals surface area contributed by atoms with Crippen LogP contribution in [0.1, 0.15) is 36.5 Å². The van der Waals surface area contributed by atoms with Crippen molar-refractivity contribution in [3.8, 4) is 0 Å². The highest BCUT2D eigenvalue weighted by Gasteiger charge is 2.17. The van der Waals surface area contributed by atoms with E-state index in [-0.39, 0.29) is 24.1 Å². The molecule has 8 heteroatoms. The highest BCUT2D eigenvalue weighted by molar-refractivity contribution is 5.96. The van der Waals surface area contributed by atoms with Crippen LogP contribution in [0.15, 0.2) is 42.5 Å². The van der Waals surface area contributed by atoms with E-state index in [2.05, 4.69) is 10.6 Å². The number of amides is 2. The van der Waals surface area contributed by atoms with E-state index in [1.54, 1.807) is 23.1 Å². The standard InChI is InChI=1S/C24H30F2N4O2/c1-2-12-30(13-4-7-23(31)18-5-3-6-19(25)16-18)24(32)28-20-8-9-22(21(26)17-20)29-14-10-27-11-15-29/h3,5-6,8-9,16-17,27H,2,4,7,10-15H2,1H3,(H,28,32). The maximum Gasteiger partial charge on any atom is 0.321 e. The summed E-state index contributed by atoms with van der Waals surface area (Å²) in [4.78, 5) is 28.6. The van der Waals surface area contributed by atoms with Crippen LogP contribution in [-0.2, 0) is 0 Å². The van der Waals surface area contributed by atoms with Crippen molar-refractivity contribution in [1.82, 2.24) is 10.2 Å². The van der Waals surface area contributed by atoms with Crippen molar-refractivity contribution in [2.45, 2.75) is 26.2 Å². The normalized spacial score (nSPS) is 13.7. The number of piperazine rings is 1. The number of carbonyl (C=O) groups excluding carboxylic acids is 2. The van der Waals surface area contributed by atoms with Gasteiger partial charge in [-0.25, -0.2) is 13.6 Å². The molecule has 0 saturated carbocycles. The number of nitrogens with zero attached hydrogens (tertiary/aromatic N) is 2. The van der Waals surface area contributed by atoms with Crippen LogP contribution in [0.4, 0.5) is 25.0 Å². The van der Waals surface area contributed by atoms with Gasteiger partial charge >= 0.3 is 6.03 Å². The van der Waals surface area contributed by atoms with Crippen LogP contribution in [-0.4, -0.2) is 56.0 Å². The maximum atomic E-state index is 14.6.